The van der Waals surface area contributed by atoms with Crippen LogP contribution in [0.25, 0.3) is 10.9 Å². The minimum absolute atomic E-state index is 0.0299. The molecule has 0 bridgehead atoms. The number of carboxylic acids is 1. The standard InChI is InChI=1S/C15H8Cl3NO5S/c16-8-1-2-11-7(3-8)4-12(15(21)22)19(11)25(23,24)13-6-9(17)5-10(18)14(13)20/h1-6,20H,(H,21,22). The molecule has 0 unspecified atom stereocenters. The van der Waals surface area contributed by atoms with Gasteiger partial charge in [0.15, 0.2) is 5.75 Å². The lowest BCUT2D eigenvalue weighted by molar-refractivity contribution is 0.0689. The molecular formula is C15H8Cl3NO5S. The Hall–Kier alpha value is -1.93. The average Bonchev–Trinajstić information content (AvgIpc) is 2.90. The number of benzene rings is 2. The maximum Gasteiger partial charge on any atom is 0.353 e. The average molecular weight is 421 g/mol. The van der Waals surface area contributed by atoms with Gasteiger partial charge in [-0.15, -0.1) is 0 Å². The molecule has 10 heteroatoms. The van der Waals surface area contributed by atoms with Crippen molar-refractivity contribution in [2.75, 3.05) is 0 Å². The summed E-state index contributed by atoms with van der Waals surface area (Å²) < 4.78 is 26.7. The number of aromatic nitrogens is 1. The molecule has 3 aromatic rings. The number of aromatic hydroxyl groups is 1. The van der Waals surface area contributed by atoms with Gasteiger partial charge in [-0.2, -0.15) is 0 Å². The minimum Gasteiger partial charge on any atom is -0.505 e. The van der Waals surface area contributed by atoms with Gasteiger partial charge in [-0.25, -0.2) is 17.2 Å². The van der Waals surface area contributed by atoms with Crippen LogP contribution < -0.4 is 0 Å². The van der Waals surface area contributed by atoms with Gasteiger partial charge in [0.1, 0.15) is 10.6 Å². The fourth-order valence-electron chi connectivity index (χ4n) is 2.41. The largest absolute Gasteiger partial charge is 0.505 e. The van der Waals surface area contributed by atoms with E-state index in [9.17, 15) is 23.4 Å². The second kappa shape index (κ2) is 6.10. The van der Waals surface area contributed by atoms with Gasteiger partial charge >= 0.3 is 5.97 Å². The smallest absolute Gasteiger partial charge is 0.353 e. The zero-order valence-corrected chi connectivity index (χ0v) is 15.2. The number of hydrogen-bond acceptors (Lipinski definition) is 4. The Labute approximate surface area is 156 Å². The van der Waals surface area contributed by atoms with E-state index in [0.29, 0.717) is 14.4 Å². The zero-order valence-electron chi connectivity index (χ0n) is 12.1. The highest BCUT2D eigenvalue weighted by Gasteiger charge is 2.29. The van der Waals surface area contributed by atoms with E-state index < -0.39 is 32.3 Å². The predicted molar refractivity (Wildman–Crippen MR) is 94.6 cm³/mol. The molecule has 0 atom stereocenters. The van der Waals surface area contributed by atoms with Crippen LogP contribution in [0, 0.1) is 0 Å². The third kappa shape index (κ3) is 2.93. The number of rotatable bonds is 3. The van der Waals surface area contributed by atoms with E-state index in [1.165, 1.54) is 30.3 Å². The summed E-state index contributed by atoms with van der Waals surface area (Å²) in [6, 6.07) is 7.55. The number of fused-ring (bicyclic) bond motifs is 1. The number of phenols is 1. The van der Waals surface area contributed by atoms with Crippen LogP contribution in [-0.2, 0) is 10.0 Å². The molecule has 1 aromatic heterocycles. The molecule has 130 valence electrons. The Bertz CT molecular complexity index is 1140. The molecule has 0 spiro atoms. The fourth-order valence-corrected chi connectivity index (χ4v) is 4.84. The summed E-state index contributed by atoms with van der Waals surface area (Å²) in [6.07, 6.45) is 0. The van der Waals surface area contributed by atoms with Crippen LogP contribution in [0.5, 0.6) is 5.75 Å². The van der Waals surface area contributed by atoms with Crippen molar-refractivity contribution >= 4 is 61.7 Å². The quantitative estimate of drug-likeness (QED) is 0.660. The van der Waals surface area contributed by atoms with Crippen LogP contribution in [0.4, 0.5) is 0 Å². The summed E-state index contributed by atoms with van der Waals surface area (Å²) in [4.78, 5) is 10.9. The summed E-state index contributed by atoms with van der Waals surface area (Å²) >= 11 is 17.5. The molecule has 2 N–H and O–H groups in total. The predicted octanol–water partition coefficient (Wildman–Crippen LogP) is 4.24. The van der Waals surface area contributed by atoms with Gasteiger partial charge < -0.3 is 10.2 Å². The first-order valence-corrected chi connectivity index (χ1v) is 9.18. The van der Waals surface area contributed by atoms with E-state index in [0.717, 1.165) is 6.07 Å². The van der Waals surface area contributed by atoms with E-state index >= 15 is 0 Å². The number of carboxylic acid groups (broad SMARTS) is 1. The molecule has 25 heavy (non-hydrogen) atoms. The second-order valence-corrected chi connectivity index (χ2v) is 8.08. The van der Waals surface area contributed by atoms with Gasteiger partial charge in [-0.05, 0) is 36.4 Å². The molecule has 0 fully saturated rings. The van der Waals surface area contributed by atoms with Crippen LogP contribution in [0.2, 0.25) is 15.1 Å². The Morgan fingerprint density at radius 3 is 2.32 bits per heavy atom. The lowest BCUT2D eigenvalue weighted by Gasteiger charge is -2.12. The van der Waals surface area contributed by atoms with Crippen molar-refractivity contribution in [3.05, 3.63) is 57.2 Å². The third-order valence-corrected chi connectivity index (χ3v) is 5.93. The Kier molecular flexibility index (Phi) is 4.36. The van der Waals surface area contributed by atoms with Crippen LogP contribution in [0.3, 0.4) is 0 Å². The third-order valence-electron chi connectivity index (χ3n) is 3.45. The number of nitrogens with zero attached hydrogens (tertiary/aromatic N) is 1. The summed E-state index contributed by atoms with van der Waals surface area (Å²) in [5.41, 5.74) is -0.440. The van der Waals surface area contributed by atoms with Crippen molar-refractivity contribution in [3.8, 4) is 5.75 Å². The normalized spacial score (nSPS) is 11.8. The second-order valence-electron chi connectivity index (χ2n) is 5.04. The highest BCUT2D eigenvalue weighted by molar-refractivity contribution is 7.90. The number of carbonyl (C=O) groups is 1. The van der Waals surface area contributed by atoms with Crippen molar-refractivity contribution in [2.45, 2.75) is 4.90 Å². The zero-order chi connectivity index (χ0) is 18.5. The highest BCUT2D eigenvalue weighted by atomic mass is 35.5. The van der Waals surface area contributed by atoms with Crippen molar-refractivity contribution < 1.29 is 23.4 Å². The van der Waals surface area contributed by atoms with Crippen LogP contribution in [0.15, 0.2) is 41.3 Å². The van der Waals surface area contributed by atoms with Crippen molar-refractivity contribution in [1.29, 1.82) is 0 Å². The van der Waals surface area contributed by atoms with E-state index in [1.54, 1.807) is 0 Å². The van der Waals surface area contributed by atoms with Gasteiger partial charge in [-0.3, -0.25) is 0 Å². The molecule has 0 aliphatic carbocycles. The van der Waals surface area contributed by atoms with E-state index in [2.05, 4.69) is 0 Å². The molecule has 0 aliphatic rings. The molecular weight excluding hydrogens is 413 g/mol. The molecule has 6 nitrogen and oxygen atoms in total. The molecule has 0 saturated heterocycles. The van der Waals surface area contributed by atoms with E-state index in [-0.39, 0.29) is 15.6 Å². The SMILES string of the molecule is O=C(O)c1cc2cc(Cl)ccc2n1S(=O)(=O)c1cc(Cl)cc(Cl)c1O. The Balaban J connectivity index is 2.43. The molecule has 0 aliphatic heterocycles. The Morgan fingerprint density at radius 1 is 1.00 bits per heavy atom. The first-order chi connectivity index (χ1) is 11.6. The molecule has 0 saturated carbocycles. The first-order valence-electron chi connectivity index (χ1n) is 6.61. The summed E-state index contributed by atoms with van der Waals surface area (Å²) in [5.74, 6) is -2.19. The van der Waals surface area contributed by atoms with Crippen molar-refractivity contribution in [3.63, 3.8) is 0 Å². The molecule has 2 aromatic carbocycles. The molecule has 3 rings (SSSR count). The van der Waals surface area contributed by atoms with Crippen molar-refractivity contribution in [1.82, 2.24) is 3.97 Å². The topological polar surface area (TPSA) is 96.6 Å². The highest BCUT2D eigenvalue weighted by Crippen LogP contribution is 2.37. The summed E-state index contributed by atoms with van der Waals surface area (Å²) in [5, 5.41) is 19.8. The van der Waals surface area contributed by atoms with Crippen LogP contribution >= 0.6 is 34.8 Å². The van der Waals surface area contributed by atoms with Crippen LogP contribution in [0.1, 0.15) is 10.5 Å². The van der Waals surface area contributed by atoms with Gasteiger partial charge in [-0.1, -0.05) is 34.8 Å². The van der Waals surface area contributed by atoms with Gasteiger partial charge in [0.25, 0.3) is 10.0 Å². The van der Waals surface area contributed by atoms with Gasteiger partial charge in [0.2, 0.25) is 0 Å². The van der Waals surface area contributed by atoms with Crippen molar-refractivity contribution in [2.24, 2.45) is 0 Å². The van der Waals surface area contributed by atoms with Gasteiger partial charge in [0, 0.05) is 15.4 Å². The molecule has 1 heterocycles. The number of halogens is 3. The Morgan fingerprint density at radius 2 is 1.68 bits per heavy atom. The monoisotopic (exact) mass is 419 g/mol. The van der Waals surface area contributed by atoms with E-state index in [4.69, 9.17) is 34.8 Å². The summed E-state index contributed by atoms with van der Waals surface area (Å²) in [6.45, 7) is 0. The molecule has 0 radical (unpaired) electrons. The number of aromatic carboxylic acids is 1. The maximum atomic E-state index is 13.0. The lowest BCUT2D eigenvalue weighted by Crippen LogP contribution is -2.18. The summed E-state index contributed by atoms with van der Waals surface area (Å²) in [7, 11) is -4.51. The van der Waals surface area contributed by atoms with Crippen LogP contribution in [-0.4, -0.2) is 28.6 Å². The fraction of sp³-hybridized carbons (Fsp3) is 0. The minimum atomic E-state index is -4.51. The van der Waals surface area contributed by atoms with E-state index in [1.807, 2.05) is 0 Å². The molecule has 0 amide bonds. The first kappa shape index (κ1) is 17.9. The number of hydrogen-bond donors (Lipinski definition) is 2. The lowest BCUT2D eigenvalue weighted by atomic mass is 10.2. The maximum absolute atomic E-state index is 13.0. The number of phenolic OH excluding ortho intramolecular Hbond substituents is 1. The van der Waals surface area contributed by atoms with Gasteiger partial charge in [0.05, 0.1) is 10.5 Å².